The van der Waals surface area contributed by atoms with Crippen molar-refractivity contribution in [1.82, 2.24) is 15.3 Å². The van der Waals surface area contributed by atoms with E-state index in [0.717, 1.165) is 0 Å². The summed E-state index contributed by atoms with van der Waals surface area (Å²) >= 11 is 12.0. The molecule has 3 rings (SSSR count). The molecule has 0 aliphatic rings. The Bertz CT molecular complexity index is 836. The summed E-state index contributed by atoms with van der Waals surface area (Å²) in [7, 11) is 0. The first-order chi connectivity index (χ1) is 11.6. The molecule has 6 nitrogen and oxygen atoms in total. The highest BCUT2D eigenvalue weighted by atomic mass is 35.5. The molecule has 0 aliphatic heterocycles. The van der Waals surface area contributed by atoms with Crippen molar-refractivity contribution in [3.8, 4) is 0 Å². The maximum Gasteiger partial charge on any atom is 0.254 e. The predicted molar refractivity (Wildman–Crippen MR) is 91.7 cm³/mol. The molecule has 24 heavy (non-hydrogen) atoms. The summed E-state index contributed by atoms with van der Waals surface area (Å²) in [5.74, 6) is 0.679. The molecule has 1 aromatic carbocycles. The van der Waals surface area contributed by atoms with Gasteiger partial charge >= 0.3 is 0 Å². The van der Waals surface area contributed by atoms with Crippen molar-refractivity contribution in [2.75, 3.05) is 5.32 Å². The smallest absolute Gasteiger partial charge is 0.254 e. The number of benzene rings is 1. The standard InChI is InChI=1S/C16H12Cl2N4O2/c17-11-3-4-13(18)14(6-11)22-16-20-7-10(8-21-16)15(23)19-9-12-2-1-5-24-12/h1-8H,9H2,(H,19,23)(H,20,21,22). The Labute approximate surface area is 147 Å². The maximum atomic E-state index is 12.0. The zero-order chi connectivity index (χ0) is 16.9. The van der Waals surface area contributed by atoms with Crippen molar-refractivity contribution in [2.24, 2.45) is 0 Å². The molecule has 0 saturated heterocycles. The fraction of sp³-hybridized carbons (Fsp3) is 0.0625. The van der Waals surface area contributed by atoms with E-state index in [1.165, 1.54) is 12.4 Å². The fourth-order valence-corrected chi connectivity index (χ4v) is 2.24. The number of nitrogens with one attached hydrogen (secondary N) is 2. The minimum Gasteiger partial charge on any atom is -0.467 e. The molecule has 8 heteroatoms. The molecular weight excluding hydrogens is 351 g/mol. The summed E-state index contributed by atoms with van der Waals surface area (Å²) in [5.41, 5.74) is 0.920. The number of amides is 1. The van der Waals surface area contributed by atoms with E-state index in [9.17, 15) is 4.79 Å². The van der Waals surface area contributed by atoms with Gasteiger partial charge in [-0.2, -0.15) is 0 Å². The Kier molecular flexibility index (Phi) is 4.98. The second-order valence-corrected chi connectivity index (χ2v) is 5.65. The van der Waals surface area contributed by atoms with Crippen LogP contribution < -0.4 is 10.6 Å². The normalized spacial score (nSPS) is 10.4. The van der Waals surface area contributed by atoms with E-state index >= 15 is 0 Å². The molecule has 0 bridgehead atoms. The SMILES string of the molecule is O=C(NCc1ccco1)c1cnc(Nc2cc(Cl)ccc2Cl)nc1. The molecule has 0 atom stereocenters. The van der Waals surface area contributed by atoms with Gasteiger partial charge in [-0.1, -0.05) is 23.2 Å². The molecule has 0 spiro atoms. The van der Waals surface area contributed by atoms with E-state index in [1.54, 1.807) is 36.6 Å². The molecule has 3 aromatic rings. The first-order valence-electron chi connectivity index (χ1n) is 6.96. The van der Waals surface area contributed by atoms with Crippen LogP contribution in [0, 0.1) is 0 Å². The van der Waals surface area contributed by atoms with Crippen molar-refractivity contribution in [2.45, 2.75) is 6.54 Å². The predicted octanol–water partition coefficient (Wildman–Crippen LogP) is 4.05. The van der Waals surface area contributed by atoms with Gasteiger partial charge in [0.05, 0.1) is 29.1 Å². The zero-order valence-corrected chi connectivity index (χ0v) is 13.8. The molecule has 2 N–H and O–H groups in total. The van der Waals surface area contributed by atoms with Crippen molar-refractivity contribution in [3.05, 3.63) is 70.4 Å². The minimum atomic E-state index is -0.293. The number of carbonyl (C=O) groups is 1. The summed E-state index contributed by atoms with van der Waals surface area (Å²) < 4.78 is 5.15. The molecule has 0 aliphatic carbocycles. The van der Waals surface area contributed by atoms with Crippen LogP contribution in [-0.4, -0.2) is 15.9 Å². The summed E-state index contributed by atoms with van der Waals surface area (Å²) in [4.78, 5) is 20.2. The number of hydrogen-bond donors (Lipinski definition) is 2. The van der Waals surface area contributed by atoms with Crippen molar-refractivity contribution >= 4 is 40.7 Å². The van der Waals surface area contributed by atoms with Crippen LogP contribution >= 0.6 is 23.2 Å². The summed E-state index contributed by atoms with van der Waals surface area (Å²) in [5, 5.41) is 6.69. The van der Waals surface area contributed by atoms with Crippen LogP contribution in [-0.2, 0) is 6.54 Å². The number of furan rings is 1. The topological polar surface area (TPSA) is 80.0 Å². The summed E-state index contributed by atoms with van der Waals surface area (Å²) in [6.45, 7) is 0.296. The van der Waals surface area contributed by atoms with Crippen molar-refractivity contribution < 1.29 is 9.21 Å². The second-order valence-electron chi connectivity index (χ2n) is 4.81. The van der Waals surface area contributed by atoms with E-state index in [1.807, 2.05) is 0 Å². The number of rotatable bonds is 5. The van der Waals surface area contributed by atoms with Crippen molar-refractivity contribution in [3.63, 3.8) is 0 Å². The third-order valence-electron chi connectivity index (χ3n) is 3.09. The van der Waals surface area contributed by atoms with Crippen molar-refractivity contribution in [1.29, 1.82) is 0 Å². The summed E-state index contributed by atoms with van der Waals surface area (Å²) in [6, 6.07) is 8.55. The van der Waals surface area contributed by atoms with Crippen LogP contribution in [0.25, 0.3) is 0 Å². The van der Waals surface area contributed by atoms with Gasteiger partial charge in [0, 0.05) is 17.4 Å². The highest BCUT2D eigenvalue weighted by Crippen LogP contribution is 2.27. The number of anilines is 2. The third-order valence-corrected chi connectivity index (χ3v) is 3.66. The van der Waals surface area contributed by atoms with Gasteiger partial charge < -0.3 is 15.1 Å². The quantitative estimate of drug-likeness (QED) is 0.715. The van der Waals surface area contributed by atoms with E-state index in [-0.39, 0.29) is 5.91 Å². The van der Waals surface area contributed by atoms with Gasteiger partial charge in [0.2, 0.25) is 5.95 Å². The van der Waals surface area contributed by atoms with Gasteiger partial charge in [0.15, 0.2) is 0 Å². The van der Waals surface area contributed by atoms with E-state index < -0.39 is 0 Å². The van der Waals surface area contributed by atoms with Gasteiger partial charge in [-0.3, -0.25) is 4.79 Å². The van der Waals surface area contributed by atoms with Gasteiger partial charge in [0.25, 0.3) is 5.91 Å². The summed E-state index contributed by atoms with van der Waals surface area (Å²) in [6.07, 6.45) is 4.39. The Balaban J connectivity index is 1.64. The van der Waals surface area contributed by atoms with E-state index in [4.69, 9.17) is 27.6 Å². The fourth-order valence-electron chi connectivity index (χ4n) is 1.91. The molecule has 0 radical (unpaired) electrons. The highest BCUT2D eigenvalue weighted by molar-refractivity contribution is 6.35. The molecule has 1 amide bonds. The minimum absolute atomic E-state index is 0.293. The van der Waals surface area contributed by atoms with Gasteiger partial charge in [-0.15, -0.1) is 0 Å². The van der Waals surface area contributed by atoms with Crippen LogP contribution in [0.3, 0.4) is 0 Å². The van der Waals surface area contributed by atoms with Crippen LogP contribution in [0.5, 0.6) is 0 Å². The molecule has 0 saturated carbocycles. The molecule has 0 fully saturated rings. The largest absolute Gasteiger partial charge is 0.467 e. The van der Waals surface area contributed by atoms with Crippen LogP contribution in [0.2, 0.25) is 10.0 Å². The number of hydrogen-bond acceptors (Lipinski definition) is 5. The molecule has 0 unspecified atom stereocenters. The van der Waals surface area contributed by atoms with Gasteiger partial charge in [-0.05, 0) is 30.3 Å². The Morgan fingerprint density at radius 3 is 2.67 bits per heavy atom. The molecule has 2 aromatic heterocycles. The first kappa shape index (κ1) is 16.3. The average Bonchev–Trinajstić information content (AvgIpc) is 3.10. The Morgan fingerprint density at radius 2 is 1.96 bits per heavy atom. The monoisotopic (exact) mass is 362 g/mol. The molecular formula is C16H12Cl2N4O2. The van der Waals surface area contributed by atoms with Crippen LogP contribution in [0.4, 0.5) is 11.6 Å². The molecule has 2 heterocycles. The van der Waals surface area contributed by atoms with Crippen LogP contribution in [0.1, 0.15) is 16.1 Å². The van der Waals surface area contributed by atoms with E-state index in [2.05, 4.69) is 20.6 Å². The lowest BCUT2D eigenvalue weighted by atomic mass is 10.3. The Hall–Kier alpha value is -2.57. The maximum absolute atomic E-state index is 12.0. The lowest BCUT2D eigenvalue weighted by molar-refractivity contribution is 0.0947. The molecule has 122 valence electrons. The van der Waals surface area contributed by atoms with Gasteiger partial charge in [0.1, 0.15) is 5.76 Å². The number of aromatic nitrogens is 2. The first-order valence-corrected chi connectivity index (χ1v) is 7.72. The second kappa shape index (κ2) is 7.33. The highest BCUT2D eigenvalue weighted by Gasteiger charge is 2.09. The van der Waals surface area contributed by atoms with Gasteiger partial charge in [-0.25, -0.2) is 9.97 Å². The number of nitrogens with zero attached hydrogens (tertiary/aromatic N) is 2. The number of carbonyl (C=O) groups excluding carboxylic acids is 1. The third kappa shape index (κ3) is 4.04. The zero-order valence-electron chi connectivity index (χ0n) is 12.3. The number of halogens is 2. The Morgan fingerprint density at radius 1 is 1.17 bits per heavy atom. The van der Waals surface area contributed by atoms with E-state index in [0.29, 0.717) is 39.5 Å². The van der Waals surface area contributed by atoms with Crippen LogP contribution in [0.15, 0.2) is 53.4 Å². The lowest BCUT2D eigenvalue weighted by Crippen LogP contribution is -2.23. The average molecular weight is 363 g/mol. The lowest BCUT2D eigenvalue weighted by Gasteiger charge is -2.08.